The summed E-state index contributed by atoms with van der Waals surface area (Å²) in [6.07, 6.45) is -1.68. The molecule has 3 aromatic rings. The minimum Gasteiger partial charge on any atom is -0.471 e. The quantitative estimate of drug-likeness (QED) is 0.558. The molecular weight excluding hydrogens is 435 g/mol. The lowest BCUT2D eigenvalue weighted by Gasteiger charge is -2.09. The second-order valence-electron chi connectivity index (χ2n) is 7.08. The van der Waals surface area contributed by atoms with Gasteiger partial charge >= 0.3 is 6.18 Å². The van der Waals surface area contributed by atoms with Gasteiger partial charge < -0.3 is 10.1 Å². The fraction of sp³-hybridized carbons (Fsp3) is 0.350. The van der Waals surface area contributed by atoms with Crippen LogP contribution in [0.1, 0.15) is 28.9 Å². The maximum absolute atomic E-state index is 12.9. The molecule has 0 unspecified atom stereocenters. The summed E-state index contributed by atoms with van der Waals surface area (Å²) in [5.41, 5.74) is 1.58. The largest absolute Gasteiger partial charge is 0.471 e. The second-order valence-corrected chi connectivity index (χ2v) is 7.46. The molecule has 0 aliphatic heterocycles. The number of halogens is 4. The third kappa shape index (κ3) is 5.57. The van der Waals surface area contributed by atoms with Crippen LogP contribution in [0.4, 0.5) is 18.9 Å². The van der Waals surface area contributed by atoms with E-state index in [0.29, 0.717) is 5.69 Å². The molecule has 0 radical (unpaired) electrons. The number of alkyl halides is 3. The third-order valence-electron chi connectivity index (χ3n) is 4.55. The molecule has 0 spiro atoms. The van der Waals surface area contributed by atoms with E-state index in [-0.39, 0.29) is 25.4 Å². The Kier molecular flexibility index (Phi) is 6.59. The van der Waals surface area contributed by atoms with Gasteiger partial charge in [-0.05, 0) is 32.4 Å². The maximum Gasteiger partial charge on any atom is 0.436 e. The van der Waals surface area contributed by atoms with Gasteiger partial charge in [0, 0.05) is 6.42 Å². The van der Waals surface area contributed by atoms with Crippen LogP contribution in [-0.2, 0) is 24.2 Å². The molecule has 2 heterocycles. The Labute approximate surface area is 181 Å². The van der Waals surface area contributed by atoms with E-state index in [2.05, 4.69) is 15.5 Å². The Morgan fingerprint density at radius 3 is 2.65 bits per heavy atom. The fourth-order valence-corrected chi connectivity index (χ4v) is 3.19. The number of amides is 1. The summed E-state index contributed by atoms with van der Waals surface area (Å²) in [7, 11) is 0. The molecule has 0 aliphatic carbocycles. The monoisotopic (exact) mass is 455 g/mol. The molecule has 7 nitrogen and oxygen atoms in total. The SMILES string of the molecule is Cc1ccc(OCn2cc(NC(=O)CCn3nc(C(F)(F)F)c(Cl)c3C)cn2)c(C)c1. The van der Waals surface area contributed by atoms with Gasteiger partial charge in [0.25, 0.3) is 0 Å². The zero-order valence-electron chi connectivity index (χ0n) is 17.1. The molecule has 31 heavy (non-hydrogen) atoms. The Morgan fingerprint density at radius 1 is 1.26 bits per heavy atom. The predicted molar refractivity (Wildman–Crippen MR) is 109 cm³/mol. The molecule has 3 rings (SSSR count). The van der Waals surface area contributed by atoms with Gasteiger partial charge in [-0.1, -0.05) is 29.3 Å². The average molecular weight is 456 g/mol. The smallest absolute Gasteiger partial charge is 0.436 e. The molecule has 1 amide bonds. The Bertz CT molecular complexity index is 1090. The number of benzene rings is 1. The highest BCUT2D eigenvalue weighted by molar-refractivity contribution is 6.31. The first kappa shape index (κ1) is 22.7. The minimum absolute atomic E-state index is 0.0442. The van der Waals surface area contributed by atoms with E-state index in [1.165, 1.54) is 17.8 Å². The van der Waals surface area contributed by atoms with Crippen LogP contribution in [0.3, 0.4) is 0 Å². The number of ether oxygens (including phenoxy) is 1. The van der Waals surface area contributed by atoms with E-state index in [4.69, 9.17) is 16.3 Å². The molecule has 0 saturated heterocycles. The van der Waals surface area contributed by atoms with Crippen LogP contribution >= 0.6 is 11.6 Å². The number of carbonyl (C=O) groups excluding carboxylic acids is 1. The number of anilines is 1. The third-order valence-corrected chi connectivity index (χ3v) is 5.00. The van der Waals surface area contributed by atoms with Crippen molar-refractivity contribution in [2.24, 2.45) is 0 Å². The molecule has 166 valence electrons. The van der Waals surface area contributed by atoms with Gasteiger partial charge in [-0.2, -0.15) is 23.4 Å². The summed E-state index contributed by atoms with van der Waals surface area (Å²) in [6.45, 7) is 5.48. The van der Waals surface area contributed by atoms with Crippen molar-refractivity contribution < 1.29 is 22.7 Å². The molecule has 1 N–H and O–H groups in total. The Morgan fingerprint density at radius 2 is 2.00 bits per heavy atom. The van der Waals surface area contributed by atoms with Gasteiger partial charge in [0.05, 0.1) is 35.3 Å². The van der Waals surface area contributed by atoms with Crippen molar-refractivity contribution in [3.63, 3.8) is 0 Å². The van der Waals surface area contributed by atoms with Gasteiger partial charge in [-0.15, -0.1) is 0 Å². The highest BCUT2D eigenvalue weighted by Gasteiger charge is 2.38. The summed E-state index contributed by atoms with van der Waals surface area (Å²) in [5.74, 6) is 0.340. The van der Waals surface area contributed by atoms with Crippen LogP contribution in [0.15, 0.2) is 30.6 Å². The highest BCUT2D eigenvalue weighted by atomic mass is 35.5. The summed E-state index contributed by atoms with van der Waals surface area (Å²) in [5, 5.41) is 9.79. The number of rotatable bonds is 7. The van der Waals surface area contributed by atoms with E-state index in [1.54, 1.807) is 6.20 Å². The van der Waals surface area contributed by atoms with Crippen LogP contribution in [0.2, 0.25) is 5.02 Å². The molecule has 0 bridgehead atoms. The fourth-order valence-electron chi connectivity index (χ4n) is 2.95. The molecular formula is C20H21ClF3N5O2. The van der Waals surface area contributed by atoms with Crippen LogP contribution in [0.25, 0.3) is 0 Å². The predicted octanol–water partition coefficient (Wildman–Crippen LogP) is 4.74. The van der Waals surface area contributed by atoms with Crippen LogP contribution in [0.5, 0.6) is 5.75 Å². The van der Waals surface area contributed by atoms with E-state index < -0.39 is 22.8 Å². The van der Waals surface area contributed by atoms with Gasteiger partial charge in [0.15, 0.2) is 12.4 Å². The van der Waals surface area contributed by atoms with Gasteiger partial charge in [0.2, 0.25) is 5.91 Å². The minimum atomic E-state index is -4.65. The summed E-state index contributed by atoms with van der Waals surface area (Å²) >= 11 is 5.71. The molecule has 0 atom stereocenters. The summed E-state index contributed by atoms with van der Waals surface area (Å²) in [4.78, 5) is 12.2. The number of aryl methyl sites for hydroxylation is 3. The number of nitrogens with zero attached hydrogens (tertiary/aromatic N) is 4. The lowest BCUT2D eigenvalue weighted by Crippen LogP contribution is -2.16. The highest BCUT2D eigenvalue weighted by Crippen LogP contribution is 2.35. The number of nitrogens with one attached hydrogen (secondary N) is 1. The van der Waals surface area contributed by atoms with E-state index in [0.717, 1.165) is 21.6 Å². The number of hydrogen-bond acceptors (Lipinski definition) is 4. The molecule has 2 aromatic heterocycles. The van der Waals surface area contributed by atoms with Crippen LogP contribution < -0.4 is 10.1 Å². The van der Waals surface area contributed by atoms with Crippen LogP contribution in [-0.4, -0.2) is 25.5 Å². The van der Waals surface area contributed by atoms with Crippen molar-refractivity contribution in [3.05, 3.63) is 58.1 Å². The van der Waals surface area contributed by atoms with Gasteiger partial charge in [0.1, 0.15) is 5.75 Å². The zero-order chi connectivity index (χ0) is 22.8. The number of aromatic nitrogens is 4. The van der Waals surface area contributed by atoms with Crippen molar-refractivity contribution in [3.8, 4) is 5.75 Å². The first-order valence-corrected chi connectivity index (χ1v) is 9.75. The topological polar surface area (TPSA) is 74.0 Å². The standard InChI is InChI=1S/C20H21ClF3N5O2/c1-12-4-5-16(13(2)8-12)31-11-28-10-15(9-25-28)26-17(30)6-7-29-14(3)18(21)19(27-29)20(22,23)24/h4-5,8-10H,6-7,11H2,1-3H3,(H,26,30). The summed E-state index contributed by atoms with van der Waals surface area (Å²) < 4.78 is 47.0. The molecule has 11 heteroatoms. The lowest BCUT2D eigenvalue weighted by molar-refractivity contribution is -0.141. The van der Waals surface area contributed by atoms with E-state index >= 15 is 0 Å². The zero-order valence-corrected chi connectivity index (χ0v) is 17.9. The van der Waals surface area contributed by atoms with Crippen molar-refractivity contribution in [2.45, 2.75) is 46.6 Å². The number of hydrogen-bond donors (Lipinski definition) is 1. The first-order chi connectivity index (χ1) is 14.5. The van der Waals surface area contributed by atoms with Crippen molar-refractivity contribution in [2.75, 3.05) is 5.32 Å². The Hall–Kier alpha value is -3.01. The average Bonchev–Trinajstić information content (AvgIpc) is 3.24. The Balaban J connectivity index is 1.53. The van der Waals surface area contributed by atoms with Crippen molar-refractivity contribution in [1.82, 2.24) is 19.6 Å². The van der Waals surface area contributed by atoms with Crippen molar-refractivity contribution in [1.29, 1.82) is 0 Å². The lowest BCUT2D eigenvalue weighted by atomic mass is 10.1. The van der Waals surface area contributed by atoms with Crippen molar-refractivity contribution >= 4 is 23.2 Å². The van der Waals surface area contributed by atoms with E-state index in [9.17, 15) is 18.0 Å². The molecule has 1 aromatic carbocycles. The molecule has 0 saturated carbocycles. The molecule has 0 fully saturated rings. The maximum atomic E-state index is 12.9. The summed E-state index contributed by atoms with van der Waals surface area (Å²) in [6, 6.07) is 5.84. The van der Waals surface area contributed by atoms with Gasteiger partial charge in [-0.3, -0.25) is 9.48 Å². The van der Waals surface area contributed by atoms with Gasteiger partial charge in [-0.25, -0.2) is 4.68 Å². The van der Waals surface area contributed by atoms with E-state index in [1.807, 2.05) is 32.0 Å². The molecule has 0 aliphatic rings. The normalized spacial score (nSPS) is 11.6. The first-order valence-electron chi connectivity index (χ1n) is 9.37. The second kappa shape index (κ2) is 9.01. The van der Waals surface area contributed by atoms with Crippen LogP contribution in [0, 0.1) is 20.8 Å². The number of carbonyl (C=O) groups is 1.